The van der Waals surface area contributed by atoms with Gasteiger partial charge >= 0.3 is 0 Å². The van der Waals surface area contributed by atoms with Crippen LogP contribution in [-0.4, -0.2) is 24.3 Å². The monoisotopic (exact) mass is 499 g/mol. The Hall–Kier alpha value is -3.42. The highest BCUT2D eigenvalue weighted by atomic mass is 35.5. The van der Waals surface area contributed by atoms with Gasteiger partial charge in [-0.25, -0.2) is 4.39 Å². The lowest BCUT2D eigenvalue weighted by Crippen LogP contribution is -2.29. The molecule has 3 aromatic carbocycles. The fraction of sp³-hybridized carbons (Fsp3) is 0.160. The predicted molar refractivity (Wildman–Crippen MR) is 130 cm³/mol. The molecule has 3 amide bonds. The molecule has 174 valence electrons. The second kappa shape index (κ2) is 10.2. The van der Waals surface area contributed by atoms with Gasteiger partial charge in [0.15, 0.2) is 0 Å². The number of amides is 3. The highest BCUT2D eigenvalue weighted by molar-refractivity contribution is 6.44. The lowest BCUT2D eigenvalue weighted by atomic mass is 10.1. The molecule has 1 aliphatic heterocycles. The molecule has 3 aromatic rings. The van der Waals surface area contributed by atoms with Crippen molar-refractivity contribution in [1.29, 1.82) is 0 Å². The summed E-state index contributed by atoms with van der Waals surface area (Å²) < 4.78 is 13.1. The largest absolute Gasteiger partial charge is 0.348 e. The van der Waals surface area contributed by atoms with E-state index in [2.05, 4.69) is 10.6 Å². The summed E-state index contributed by atoms with van der Waals surface area (Å²) in [4.78, 5) is 39.7. The fourth-order valence-electron chi connectivity index (χ4n) is 3.72. The predicted octanol–water partition coefficient (Wildman–Crippen LogP) is 5.05. The fourth-order valence-corrected chi connectivity index (χ4v) is 4.12. The molecule has 0 aliphatic carbocycles. The van der Waals surface area contributed by atoms with Gasteiger partial charge in [-0.1, -0.05) is 53.5 Å². The van der Waals surface area contributed by atoms with Crippen LogP contribution in [0.5, 0.6) is 0 Å². The molecular formula is C25H20Cl2FN3O3. The van der Waals surface area contributed by atoms with Crippen LogP contribution in [0.4, 0.5) is 15.8 Å². The molecule has 0 radical (unpaired) electrons. The number of anilines is 2. The second-order valence-corrected chi connectivity index (χ2v) is 8.61. The summed E-state index contributed by atoms with van der Waals surface area (Å²) in [6.07, 6.45) is 0.00755. The molecule has 34 heavy (non-hydrogen) atoms. The number of rotatable bonds is 6. The molecule has 1 fully saturated rings. The van der Waals surface area contributed by atoms with Gasteiger partial charge in [0.25, 0.3) is 5.91 Å². The van der Waals surface area contributed by atoms with Crippen LogP contribution in [0.25, 0.3) is 0 Å². The van der Waals surface area contributed by atoms with Crippen LogP contribution >= 0.6 is 23.2 Å². The van der Waals surface area contributed by atoms with Gasteiger partial charge < -0.3 is 15.5 Å². The molecule has 1 saturated heterocycles. The topological polar surface area (TPSA) is 78.5 Å². The number of nitrogens with one attached hydrogen (secondary N) is 2. The van der Waals surface area contributed by atoms with Gasteiger partial charge in [0.1, 0.15) is 5.82 Å². The average molecular weight is 500 g/mol. The summed E-state index contributed by atoms with van der Waals surface area (Å²) in [5.41, 5.74) is 1.79. The van der Waals surface area contributed by atoms with Gasteiger partial charge in [-0.3, -0.25) is 14.4 Å². The van der Waals surface area contributed by atoms with Crippen molar-refractivity contribution in [1.82, 2.24) is 5.32 Å². The van der Waals surface area contributed by atoms with Crippen LogP contribution < -0.4 is 15.5 Å². The first kappa shape index (κ1) is 23.7. The van der Waals surface area contributed by atoms with Gasteiger partial charge in [0, 0.05) is 19.5 Å². The highest BCUT2D eigenvalue weighted by Gasteiger charge is 2.36. The number of para-hydroxylation sites is 1. The number of carbonyl (C=O) groups excluding carboxylic acids is 3. The van der Waals surface area contributed by atoms with Crippen LogP contribution in [0, 0.1) is 11.7 Å². The normalized spacial score (nSPS) is 15.3. The van der Waals surface area contributed by atoms with E-state index in [4.69, 9.17) is 23.2 Å². The molecule has 0 aromatic heterocycles. The van der Waals surface area contributed by atoms with Crippen molar-refractivity contribution >= 4 is 52.3 Å². The zero-order chi connectivity index (χ0) is 24.2. The van der Waals surface area contributed by atoms with Crippen molar-refractivity contribution in [3.8, 4) is 0 Å². The Morgan fingerprint density at radius 1 is 1.00 bits per heavy atom. The SMILES string of the molecule is O=C(NCc1ccc(F)cc1)c1ccccc1NC(=O)[C@H]1CC(=O)N(c2cccc(Cl)c2Cl)C1. The van der Waals surface area contributed by atoms with Crippen LogP contribution in [0.1, 0.15) is 22.3 Å². The highest BCUT2D eigenvalue weighted by Crippen LogP contribution is 2.36. The van der Waals surface area contributed by atoms with Gasteiger partial charge in [-0.05, 0) is 42.0 Å². The van der Waals surface area contributed by atoms with E-state index in [1.807, 2.05) is 0 Å². The molecule has 6 nitrogen and oxygen atoms in total. The van der Waals surface area contributed by atoms with E-state index in [0.717, 1.165) is 5.56 Å². The quantitative estimate of drug-likeness (QED) is 0.497. The molecule has 1 aliphatic rings. The first-order valence-corrected chi connectivity index (χ1v) is 11.3. The molecule has 0 unspecified atom stereocenters. The maximum absolute atomic E-state index is 13.1. The number of halogens is 3. The molecular weight excluding hydrogens is 480 g/mol. The Labute approximate surface area is 205 Å². The van der Waals surface area contributed by atoms with Gasteiger partial charge in [0.2, 0.25) is 11.8 Å². The number of benzene rings is 3. The summed E-state index contributed by atoms with van der Waals surface area (Å²) in [5, 5.41) is 6.10. The van der Waals surface area contributed by atoms with Crippen LogP contribution in [0.15, 0.2) is 66.7 Å². The minimum absolute atomic E-state index is 0.00755. The van der Waals surface area contributed by atoms with Crippen molar-refractivity contribution < 1.29 is 18.8 Å². The Balaban J connectivity index is 1.43. The maximum Gasteiger partial charge on any atom is 0.253 e. The molecule has 2 N–H and O–H groups in total. The Kier molecular flexibility index (Phi) is 7.14. The van der Waals surface area contributed by atoms with E-state index >= 15 is 0 Å². The molecule has 0 spiro atoms. The first-order chi connectivity index (χ1) is 16.3. The van der Waals surface area contributed by atoms with Crippen molar-refractivity contribution in [3.05, 3.63) is 93.7 Å². The average Bonchev–Trinajstić information content (AvgIpc) is 3.22. The third-order valence-electron chi connectivity index (χ3n) is 5.51. The van der Waals surface area contributed by atoms with E-state index in [-0.39, 0.29) is 47.7 Å². The van der Waals surface area contributed by atoms with Crippen LogP contribution in [0.3, 0.4) is 0 Å². The van der Waals surface area contributed by atoms with Crippen LogP contribution in [-0.2, 0) is 16.1 Å². The van der Waals surface area contributed by atoms with Crippen molar-refractivity contribution in [2.24, 2.45) is 5.92 Å². The van der Waals surface area contributed by atoms with E-state index < -0.39 is 11.8 Å². The number of carbonyl (C=O) groups is 3. The van der Waals surface area contributed by atoms with Crippen molar-refractivity contribution in [3.63, 3.8) is 0 Å². The molecule has 9 heteroatoms. The molecule has 1 heterocycles. The third-order valence-corrected chi connectivity index (χ3v) is 6.32. The Bertz CT molecular complexity index is 1250. The summed E-state index contributed by atoms with van der Waals surface area (Å²) in [6.45, 7) is 0.345. The second-order valence-electron chi connectivity index (χ2n) is 7.82. The smallest absolute Gasteiger partial charge is 0.253 e. The molecule has 4 rings (SSSR count). The van der Waals surface area contributed by atoms with E-state index in [1.165, 1.54) is 17.0 Å². The zero-order valence-corrected chi connectivity index (χ0v) is 19.4. The van der Waals surface area contributed by atoms with Crippen molar-refractivity contribution in [2.75, 3.05) is 16.8 Å². The third kappa shape index (κ3) is 5.21. The number of hydrogen-bond donors (Lipinski definition) is 2. The minimum Gasteiger partial charge on any atom is -0.348 e. The lowest BCUT2D eigenvalue weighted by Gasteiger charge is -2.19. The summed E-state index contributed by atoms with van der Waals surface area (Å²) in [5.74, 6) is -2.00. The van der Waals surface area contributed by atoms with E-state index in [0.29, 0.717) is 16.4 Å². The first-order valence-electron chi connectivity index (χ1n) is 10.5. The van der Waals surface area contributed by atoms with E-state index in [1.54, 1.807) is 54.6 Å². The van der Waals surface area contributed by atoms with E-state index in [9.17, 15) is 18.8 Å². The summed E-state index contributed by atoms with van der Waals surface area (Å²) in [6, 6.07) is 17.4. The van der Waals surface area contributed by atoms with Crippen molar-refractivity contribution in [2.45, 2.75) is 13.0 Å². The summed E-state index contributed by atoms with van der Waals surface area (Å²) >= 11 is 12.3. The number of nitrogens with zero attached hydrogens (tertiary/aromatic N) is 1. The molecule has 0 saturated carbocycles. The maximum atomic E-state index is 13.1. The van der Waals surface area contributed by atoms with Crippen LogP contribution in [0.2, 0.25) is 10.0 Å². The molecule has 0 bridgehead atoms. The lowest BCUT2D eigenvalue weighted by molar-refractivity contribution is -0.122. The molecule has 1 atom stereocenters. The number of hydrogen-bond acceptors (Lipinski definition) is 3. The van der Waals surface area contributed by atoms with Gasteiger partial charge in [0.05, 0.1) is 32.9 Å². The van der Waals surface area contributed by atoms with Gasteiger partial charge in [-0.2, -0.15) is 0 Å². The Morgan fingerprint density at radius 3 is 2.50 bits per heavy atom. The van der Waals surface area contributed by atoms with Gasteiger partial charge in [-0.15, -0.1) is 0 Å². The Morgan fingerprint density at radius 2 is 1.74 bits per heavy atom. The summed E-state index contributed by atoms with van der Waals surface area (Å²) in [7, 11) is 0. The minimum atomic E-state index is -0.627. The zero-order valence-electron chi connectivity index (χ0n) is 17.9. The standard InChI is InChI=1S/C25H20Cl2FN3O3/c26-19-5-3-7-21(23(19)27)31-14-16(12-22(31)32)24(33)30-20-6-2-1-4-18(20)25(34)29-13-15-8-10-17(28)11-9-15/h1-11,16H,12-14H2,(H,29,34)(H,30,33)/t16-/m0/s1.